The van der Waals surface area contributed by atoms with Crippen LogP contribution >= 0.6 is 0 Å². The van der Waals surface area contributed by atoms with E-state index in [2.05, 4.69) is 31.5 Å². The summed E-state index contributed by atoms with van der Waals surface area (Å²) in [5.41, 5.74) is 12.6. The number of fused-ring (bicyclic) bond motifs is 1. The van der Waals surface area contributed by atoms with E-state index in [0.29, 0.717) is 47.1 Å². The van der Waals surface area contributed by atoms with Gasteiger partial charge in [-0.25, -0.2) is 9.50 Å². The maximum atomic E-state index is 13.8. The van der Waals surface area contributed by atoms with Crippen molar-refractivity contribution in [1.82, 2.24) is 38.8 Å². The van der Waals surface area contributed by atoms with E-state index in [1.165, 1.54) is 10.9 Å². The van der Waals surface area contributed by atoms with Crippen LogP contribution in [0.4, 0.5) is 11.5 Å². The van der Waals surface area contributed by atoms with Gasteiger partial charge in [0, 0.05) is 72.6 Å². The Morgan fingerprint density at radius 2 is 1.74 bits per heavy atom. The summed E-state index contributed by atoms with van der Waals surface area (Å²) >= 11 is 0. The summed E-state index contributed by atoms with van der Waals surface area (Å²) in [5, 5.41) is 11.8. The normalized spacial score (nSPS) is 13.7. The Hall–Kier alpha value is -6.11. The molecule has 50 heavy (non-hydrogen) atoms. The number of aromatic nitrogens is 7. The number of hydrogen-bond acceptors (Lipinski definition) is 8. The van der Waals surface area contributed by atoms with Gasteiger partial charge in [-0.1, -0.05) is 26.0 Å². The van der Waals surface area contributed by atoms with E-state index in [1.54, 1.807) is 53.6 Å². The van der Waals surface area contributed by atoms with Crippen LogP contribution in [-0.4, -0.2) is 63.7 Å². The fourth-order valence-corrected chi connectivity index (χ4v) is 6.86. The van der Waals surface area contributed by atoms with Crippen LogP contribution in [-0.2, 0) is 11.8 Å². The van der Waals surface area contributed by atoms with Crippen molar-refractivity contribution >= 4 is 28.8 Å². The molecule has 3 N–H and O–H groups in total. The third-order valence-electron chi connectivity index (χ3n) is 9.48. The lowest BCUT2D eigenvalue weighted by Gasteiger charge is -2.33. The summed E-state index contributed by atoms with van der Waals surface area (Å²) in [6.45, 7) is 7.08. The molecule has 5 aromatic heterocycles. The smallest absolute Gasteiger partial charge is 0.268 e. The highest BCUT2D eigenvalue weighted by atomic mass is 16.2. The first kappa shape index (κ1) is 32.4. The number of benzene rings is 1. The maximum Gasteiger partial charge on any atom is 0.268 e. The van der Waals surface area contributed by atoms with Gasteiger partial charge >= 0.3 is 0 Å². The van der Waals surface area contributed by atoms with Crippen molar-refractivity contribution in [3.8, 4) is 28.1 Å². The Labute approximate surface area is 288 Å². The SMILES string of the molecule is Cc1c(-c2ccnn2C)cc(C(=O)Nc2ccc(-c3cc(C4CCN(C(=O)C(C)C)CC4)n4ncnc(N)c34)cc2)c(=O)n1-c1cccnc1. The predicted molar refractivity (Wildman–Crippen MR) is 191 cm³/mol. The van der Waals surface area contributed by atoms with Gasteiger partial charge in [0.2, 0.25) is 5.91 Å². The monoisotopic (exact) mass is 670 g/mol. The number of anilines is 2. The van der Waals surface area contributed by atoms with Gasteiger partial charge in [-0.2, -0.15) is 10.2 Å². The lowest BCUT2D eigenvalue weighted by molar-refractivity contribution is -0.135. The highest BCUT2D eigenvalue weighted by molar-refractivity contribution is 6.05. The van der Waals surface area contributed by atoms with Crippen molar-refractivity contribution in [1.29, 1.82) is 0 Å². The molecule has 0 bridgehead atoms. The van der Waals surface area contributed by atoms with Crippen LogP contribution in [0.3, 0.4) is 0 Å². The highest BCUT2D eigenvalue weighted by Gasteiger charge is 2.29. The molecule has 1 aromatic carbocycles. The van der Waals surface area contributed by atoms with Crippen molar-refractivity contribution in [2.75, 3.05) is 24.1 Å². The minimum atomic E-state index is -0.541. The molecule has 1 fully saturated rings. The van der Waals surface area contributed by atoms with Gasteiger partial charge in [0.1, 0.15) is 17.4 Å². The van der Waals surface area contributed by atoms with Crippen molar-refractivity contribution in [2.45, 2.75) is 39.5 Å². The van der Waals surface area contributed by atoms with E-state index >= 15 is 0 Å². The summed E-state index contributed by atoms with van der Waals surface area (Å²) < 4.78 is 5.07. The van der Waals surface area contributed by atoms with Crippen molar-refractivity contribution < 1.29 is 9.59 Å². The van der Waals surface area contributed by atoms with Crippen LogP contribution in [0.5, 0.6) is 0 Å². The molecule has 0 spiro atoms. The van der Waals surface area contributed by atoms with Crippen molar-refractivity contribution in [3.63, 3.8) is 0 Å². The number of rotatable bonds is 7. The molecule has 0 unspecified atom stereocenters. The molecule has 6 aromatic rings. The number of amides is 2. The second kappa shape index (κ2) is 13.1. The minimum Gasteiger partial charge on any atom is -0.382 e. The second-order valence-corrected chi connectivity index (χ2v) is 12.9. The first-order chi connectivity index (χ1) is 24.1. The first-order valence-corrected chi connectivity index (χ1v) is 16.6. The number of carbonyl (C=O) groups excluding carboxylic acids is 2. The van der Waals surface area contributed by atoms with Crippen LogP contribution < -0.4 is 16.6 Å². The van der Waals surface area contributed by atoms with Gasteiger partial charge in [0.25, 0.3) is 11.5 Å². The standard InChI is InChI=1S/C37H38N10O3/c1-22(2)36(49)45-16-12-25(13-17-45)32-19-29(33-34(38)40-21-42-47(32)33)24-7-9-26(10-8-24)43-35(48)30-18-28(31-11-15-41-44(31)4)23(3)46(37(30)50)27-6-5-14-39-20-27/h5-11,14-15,18-22,25H,12-13,16-17H2,1-4H3,(H,43,48)(H2,38,40,42). The number of hydrogen-bond donors (Lipinski definition) is 2. The molecule has 0 radical (unpaired) electrons. The zero-order chi connectivity index (χ0) is 35.1. The third kappa shape index (κ3) is 5.80. The van der Waals surface area contributed by atoms with Crippen LogP contribution in [0.15, 0.2) is 84.3 Å². The van der Waals surface area contributed by atoms with E-state index in [9.17, 15) is 14.4 Å². The van der Waals surface area contributed by atoms with Gasteiger partial charge < -0.3 is 16.0 Å². The number of pyridine rings is 2. The molecular formula is C37H38N10O3. The van der Waals surface area contributed by atoms with Crippen molar-refractivity contribution in [2.24, 2.45) is 13.0 Å². The Morgan fingerprint density at radius 1 is 0.980 bits per heavy atom. The van der Waals surface area contributed by atoms with E-state index < -0.39 is 11.5 Å². The molecule has 0 aliphatic carbocycles. The number of carbonyl (C=O) groups is 2. The van der Waals surface area contributed by atoms with Crippen molar-refractivity contribution in [3.05, 3.63) is 107 Å². The number of nitrogens with one attached hydrogen (secondary N) is 1. The largest absolute Gasteiger partial charge is 0.382 e. The average molecular weight is 671 g/mol. The molecule has 2 amide bonds. The quantitative estimate of drug-likeness (QED) is 0.244. The molecule has 6 heterocycles. The Balaban J connectivity index is 1.19. The molecular weight excluding hydrogens is 632 g/mol. The summed E-state index contributed by atoms with van der Waals surface area (Å²) in [6.07, 6.45) is 7.99. The average Bonchev–Trinajstić information content (AvgIpc) is 3.73. The Kier molecular flexibility index (Phi) is 8.48. The molecule has 1 aliphatic rings. The topological polar surface area (TPSA) is 158 Å². The molecule has 7 rings (SSSR count). The first-order valence-electron chi connectivity index (χ1n) is 16.6. The van der Waals surface area contributed by atoms with Gasteiger partial charge in [-0.15, -0.1) is 0 Å². The highest BCUT2D eigenvalue weighted by Crippen LogP contribution is 2.37. The molecule has 254 valence electrons. The Bertz CT molecular complexity index is 2280. The van der Waals surface area contributed by atoms with Gasteiger partial charge in [-0.05, 0) is 67.8 Å². The summed E-state index contributed by atoms with van der Waals surface area (Å²) in [6, 6.07) is 16.5. The zero-order valence-corrected chi connectivity index (χ0v) is 28.4. The number of aryl methyl sites for hydroxylation is 1. The van der Waals surface area contributed by atoms with Gasteiger partial charge in [0.05, 0.1) is 17.6 Å². The van der Waals surface area contributed by atoms with E-state index in [-0.39, 0.29) is 23.3 Å². The molecule has 13 heteroatoms. The molecule has 0 saturated carbocycles. The Morgan fingerprint density at radius 3 is 2.40 bits per heavy atom. The number of nitrogens with zero attached hydrogens (tertiary/aromatic N) is 8. The number of likely N-dealkylation sites (tertiary alicyclic amines) is 1. The fraction of sp³-hybridized carbons (Fsp3) is 0.270. The predicted octanol–water partition coefficient (Wildman–Crippen LogP) is 4.85. The molecule has 1 saturated heterocycles. The second-order valence-electron chi connectivity index (χ2n) is 12.9. The number of nitrogen functional groups attached to an aromatic ring is 1. The summed E-state index contributed by atoms with van der Waals surface area (Å²) in [7, 11) is 1.81. The van der Waals surface area contributed by atoms with E-state index in [0.717, 1.165) is 35.4 Å². The van der Waals surface area contributed by atoms with Crippen LogP contribution in [0.2, 0.25) is 0 Å². The zero-order valence-electron chi connectivity index (χ0n) is 28.4. The number of piperidine rings is 1. The fourth-order valence-electron chi connectivity index (χ4n) is 6.86. The van der Waals surface area contributed by atoms with E-state index in [1.807, 2.05) is 55.4 Å². The molecule has 1 aliphatic heterocycles. The van der Waals surface area contributed by atoms with Crippen LogP contribution in [0.1, 0.15) is 54.4 Å². The van der Waals surface area contributed by atoms with Crippen LogP contribution in [0, 0.1) is 12.8 Å². The van der Waals surface area contributed by atoms with Gasteiger partial charge in [-0.3, -0.25) is 28.6 Å². The number of nitrogens with two attached hydrogens (primary N) is 1. The minimum absolute atomic E-state index is 0.0196. The van der Waals surface area contributed by atoms with E-state index in [4.69, 9.17) is 5.73 Å². The summed E-state index contributed by atoms with van der Waals surface area (Å²) in [4.78, 5) is 50.6. The lowest BCUT2D eigenvalue weighted by atomic mass is 9.92. The van der Waals surface area contributed by atoms with Crippen LogP contribution in [0.25, 0.3) is 33.6 Å². The lowest BCUT2D eigenvalue weighted by Crippen LogP contribution is -2.40. The molecule has 13 nitrogen and oxygen atoms in total. The summed E-state index contributed by atoms with van der Waals surface area (Å²) in [5.74, 6) is 0.166. The van der Waals surface area contributed by atoms with Gasteiger partial charge in [0.15, 0.2) is 5.82 Å². The molecule has 0 atom stereocenters. The maximum absolute atomic E-state index is 13.8. The third-order valence-corrected chi connectivity index (χ3v) is 9.48.